The van der Waals surface area contributed by atoms with Crippen molar-refractivity contribution in [2.45, 2.75) is 18.9 Å². The Balaban J connectivity index is 0.000000368. The zero-order valence-electron chi connectivity index (χ0n) is 14.2. The molecule has 2 aliphatic rings. The number of hydrogen-bond acceptors (Lipinski definition) is 6. The number of fused-ring (bicyclic) bond motifs is 1. The second kappa shape index (κ2) is 8.66. The van der Waals surface area contributed by atoms with Crippen molar-refractivity contribution in [1.82, 2.24) is 5.32 Å². The summed E-state index contributed by atoms with van der Waals surface area (Å²) < 4.78 is 37.5. The number of anilines is 1. The highest BCUT2D eigenvalue weighted by atomic mass is 32.2. The van der Waals surface area contributed by atoms with E-state index in [1.54, 1.807) is 0 Å². The van der Waals surface area contributed by atoms with E-state index in [2.05, 4.69) is 35.5 Å². The largest absolute Gasteiger partial charge is 0.489 e. The van der Waals surface area contributed by atoms with E-state index in [9.17, 15) is 8.42 Å². The molecule has 0 saturated carbocycles. The normalized spacial score (nSPS) is 20.6. The molecule has 8 heteroatoms. The monoisotopic (exact) mass is 358 g/mol. The number of aryl methyl sites for hydroxylation is 1. The number of nitrogens with zero attached hydrogens (tertiary/aromatic N) is 1. The van der Waals surface area contributed by atoms with E-state index in [1.807, 2.05) is 0 Å². The van der Waals surface area contributed by atoms with Crippen molar-refractivity contribution in [2.75, 3.05) is 51.1 Å². The van der Waals surface area contributed by atoms with Gasteiger partial charge in [-0.05, 0) is 24.5 Å². The summed E-state index contributed by atoms with van der Waals surface area (Å²) in [5, 5.41) is 3.33. The van der Waals surface area contributed by atoms with Crippen LogP contribution in [0, 0.1) is 0 Å². The molecule has 0 bridgehead atoms. The van der Waals surface area contributed by atoms with E-state index >= 15 is 0 Å². The summed E-state index contributed by atoms with van der Waals surface area (Å²) >= 11 is 0. The van der Waals surface area contributed by atoms with Crippen molar-refractivity contribution in [3.05, 3.63) is 23.8 Å². The highest BCUT2D eigenvalue weighted by Crippen LogP contribution is 2.35. The lowest BCUT2D eigenvalue weighted by Gasteiger charge is -2.30. The van der Waals surface area contributed by atoms with Gasteiger partial charge in [-0.25, -0.2) is 0 Å². The van der Waals surface area contributed by atoms with Gasteiger partial charge in [-0.3, -0.25) is 4.55 Å². The van der Waals surface area contributed by atoms with Gasteiger partial charge in [-0.2, -0.15) is 8.42 Å². The summed E-state index contributed by atoms with van der Waals surface area (Å²) in [6.45, 7) is 4.33. The van der Waals surface area contributed by atoms with Gasteiger partial charge in [0.1, 0.15) is 18.5 Å². The fourth-order valence-electron chi connectivity index (χ4n) is 2.85. The smallest absolute Gasteiger partial charge is 0.261 e. The number of morpholine rings is 1. The Kier molecular flexibility index (Phi) is 6.85. The molecule has 1 aromatic carbocycles. The molecule has 0 aromatic heterocycles. The molecule has 0 unspecified atom stereocenters. The summed E-state index contributed by atoms with van der Waals surface area (Å²) in [6.07, 6.45) is 3.26. The van der Waals surface area contributed by atoms with E-state index in [1.165, 1.54) is 17.7 Å². The molecule has 2 aliphatic heterocycles. The van der Waals surface area contributed by atoms with E-state index in [0.29, 0.717) is 12.9 Å². The van der Waals surface area contributed by atoms with Crippen LogP contribution in [0.3, 0.4) is 0 Å². The number of para-hydroxylation sites is 1. The van der Waals surface area contributed by atoms with Crippen LogP contribution in [0.1, 0.15) is 12.0 Å². The lowest BCUT2D eigenvalue weighted by molar-refractivity contribution is 0.000274. The molecule has 1 fully saturated rings. The summed E-state index contributed by atoms with van der Waals surface area (Å²) in [5.74, 6) is 0.994. The quantitative estimate of drug-likeness (QED) is 0.778. The zero-order valence-corrected chi connectivity index (χ0v) is 15.0. The van der Waals surface area contributed by atoms with Gasteiger partial charge in [0.25, 0.3) is 10.1 Å². The Morgan fingerprint density at radius 2 is 2.21 bits per heavy atom. The Bertz CT molecular complexity index is 621. The van der Waals surface area contributed by atoms with Gasteiger partial charge in [-0.15, -0.1) is 0 Å². The van der Waals surface area contributed by atoms with Crippen LogP contribution in [0.15, 0.2) is 18.2 Å². The third-order valence-electron chi connectivity index (χ3n) is 3.83. The number of hydrogen-bond donors (Lipinski definition) is 2. The van der Waals surface area contributed by atoms with E-state index in [-0.39, 0.29) is 6.10 Å². The molecule has 1 atom stereocenters. The molecule has 0 radical (unpaired) electrons. The fraction of sp³-hybridized carbons (Fsp3) is 0.625. The minimum Gasteiger partial charge on any atom is -0.489 e. The molecule has 2 N–H and O–H groups in total. The Labute approximate surface area is 143 Å². The predicted molar refractivity (Wildman–Crippen MR) is 93.6 cm³/mol. The summed E-state index contributed by atoms with van der Waals surface area (Å²) in [7, 11) is -1.52. The molecule has 3 rings (SSSR count). The second-order valence-electron chi connectivity index (χ2n) is 6.03. The van der Waals surface area contributed by atoms with Gasteiger partial charge in [0.15, 0.2) is 0 Å². The predicted octanol–water partition coefficient (Wildman–Crippen LogP) is 0.940. The summed E-state index contributed by atoms with van der Waals surface area (Å²) in [5.41, 5.74) is 2.66. The van der Waals surface area contributed by atoms with Crippen molar-refractivity contribution in [3.63, 3.8) is 0 Å². The van der Waals surface area contributed by atoms with Crippen molar-refractivity contribution in [3.8, 4) is 5.75 Å². The van der Waals surface area contributed by atoms with Gasteiger partial charge >= 0.3 is 0 Å². The first-order valence-corrected chi connectivity index (χ1v) is 9.90. The lowest BCUT2D eigenvalue weighted by atomic mass is 10.0. The first-order chi connectivity index (χ1) is 11.3. The molecule has 136 valence electrons. The van der Waals surface area contributed by atoms with Crippen LogP contribution in [0.4, 0.5) is 5.69 Å². The standard InChI is InChI=1S/C15H22N2O2.CH4O3S/c1-17-8-3-5-12-4-2-6-14(15(12)17)19-11-13-10-16-7-9-18-13;1-5(2,3)4/h2,4,6,13,16H,3,5,7-11H2,1H3;1H3,(H,2,3,4)/t13-;/m0./s1. The fourth-order valence-corrected chi connectivity index (χ4v) is 2.85. The molecule has 1 saturated heterocycles. The first kappa shape index (κ1) is 19.0. The van der Waals surface area contributed by atoms with Crippen molar-refractivity contribution < 1.29 is 22.4 Å². The highest BCUT2D eigenvalue weighted by molar-refractivity contribution is 7.85. The van der Waals surface area contributed by atoms with Gasteiger partial charge in [0.05, 0.1) is 18.6 Å². The molecular weight excluding hydrogens is 332 g/mol. The molecule has 0 aliphatic carbocycles. The maximum atomic E-state index is 9.19. The molecule has 1 aromatic rings. The third kappa shape index (κ3) is 6.27. The van der Waals surface area contributed by atoms with Crippen LogP contribution < -0.4 is 15.0 Å². The number of rotatable bonds is 3. The van der Waals surface area contributed by atoms with Crippen LogP contribution in [-0.4, -0.2) is 65.2 Å². The number of benzene rings is 1. The maximum Gasteiger partial charge on any atom is 0.261 e. The van der Waals surface area contributed by atoms with Gasteiger partial charge in [0.2, 0.25) is 0 Å². The summed E-state index contributed by atoms with van der Waals surface area (Å²) in [6, 6.07) is 6.36. The number of ether oxygens (including phenoxy) is 2. The average molecular weight is 358 g/mol. The van der Waals surface area contributed by atoms with Crippen LogP contribution in [0.5, 0.6) is 5.75 Å². The maximum absolute atomic E-state index is 9.19. The van der Waals surface area contributed by atoms with E-state index < -0.39 is 10.1 Å². The van der Waals surface area contributed by atoms with Gasteiger partial charge < -0.3 is 19.7 Å². The minimum absolute atomic E-state index is 0.165. The zero-order chi connectivity index (χ0) is 17.6. The summed E-state index contributed by atoms with van der Waals surface area (Å²) in [4.78, 5) is 2.30. The van der Waals surface area contributed by atoms with E-state index in [0.717, 1.165) is 38.4 Å². The molecular formula is C16H26N2O5S. The SMILES string of the molecule is CN1CCCc2cccc(OC[C@@H]3CNCCO3)c21.CS(=O)(=O)O. The van der Waals surface area contributed by atoms with E-state index in [4.69, 9.17) is 14.0 Å². The van der Waals surface area contributed by atoms with Crippen molar-refractivity contribution in [1.29, 1.82) is 0 Å². The van der Waals surface area contributed by atoms with Gasteiger partial charge in [-0.1, -0.05) is 12.1 Å². The third-order valence-corrected chi connectivity index (χ3v) is 3.83. The molecule has 0 amide bonds. The molecule has 2 heterocycles. The molecule has 24 heavy (non-hydrogen) atoms. The van der Waals surface area contributed by atoms with Crippen LogP contribution in [-0.2, 0) is 21.3 Å². The Morgan fingerprint density at radius 1 is 1.46 bits per heavy atom. The van der Waals surface area contributed by atoms with Crippen molar-refractivity contribution in [2.24, 2.45) is 0 Å². The van der Waals surface area contributed by atoms with Crippen LogP contribution in [0.2, 0.25) is 0 Å². The minimum atomic E-state index is -3.67. The highest BCUT2D eigenvalue weighted by Gasteiger charge is 2.20. The Morgan fingerprint density at radius 3 is 2.88 bits per heavy atom. The van der Waals surface area contributed by atoms with Crippen molar-refractivity contribution >= 4 is 15.8 Å². The first-order valence-electron chi connectivity index (χ1n) is 8.05. The van der Waals surface area contributed by atoms with Gasteiger partial charge in [0, 0.05) is 26.7 Å². The number of nitrogens with one attached hydrogen (secondary N) is 1. The lowest BCUT2D eigenvalue weighted by Crippen LogP contribution is -2.41. The van der Waals surface area contributed by atoms with Crippen LogP contribution in [0.25, 0.3) is 0 Å². The molecule has 0 spiro atoms. The van der Waals surface area contributed by atoms with Crippen LogP contribution >= 0.6 is 0 Å². The second-order valence-corrected chi connectivity index (χ2v) is 7.50. The Hall–Kier alpha value is -1.35. The topological polar surface area (TPSA) is 88.1 Å². The average Bonchev–Trinajstić information content (AvgIpc) is 2.52. The molecule has 7 nitrogen and oxygen atoms in total.